The van der Waals surface area contributed by atoms with Crippen LogP contribution in [0.25, 0.3) is 0 Å². The molecule has 0 saturated carbocycles. The van der Waals surface area contributed by atoms with Crippen LogP contribution >= 0.6 is 0 Å². The number of ketones is 1. The average molecular weight is 202 g/mol. The van der Waals surface area contributed by atoms with Gasteiger partial charge in [0.1, 0.15) is 5.76 Å². The molecule has 2 atom stereocenters. The summed E-state index contributed by atoms with van der Waals surface area (Å²) in [6, 6.07) is 0. The third-order valence-electron chi connectivity index (χ3n) is 2.22. The Labute approximate surface area is 81.6 Å². The van der Waals surface area contributed by atoms with E-state index in [1.54, 1.807) is 13.8 Å². The van der Waals surface area contributed by atoms with E-state index in [4.69, 9.17) is 9.84 Å². The molecule has 0 radical (unpaired) electrons. The standard InChI is InChI=1S/C9H14O5/c1-5(2)6(11)7(12)8(13)9(3-10)4-14-9/h7,10-12H,3-4H2,1-2H3. The molecule has 0 bridgehead atoms. The van der Waals surface area contributed by atoms with Gasteiger partial charge in [-0.1, -0.05) is 0 Å². The van der Waals surface area contributed by atoms with Gasteiger partial charge in [-0.3, -0.25) is 4.79 Å². The van der Waals surface area contributed by atoms with E-state index in [0.29, 0.717) is 5.57 Å². The molecule has 1 fully saturated rings. The van der Waals surface area contributed by atoms with Gasteiger partial charge < -0.3 is 20.1 Å². The fourth-order valence-corrected chi connectivity index (χ4v) is 1.05. The number of hydrogen-bond acceptors (Lipinski definition) is 5. The second-order valence-electron chi connectivity index (χ2n) is 3.59. The van der Waals surface area contributed by atoms with Gasteiger partial charge in [0.25, 0.3) is 0 Å². The molecule has 0 amide bonds. The minimum Gasteiger partial charge on any atom is -0.509 e. The monoisotopic (exact) mass is 202 g/mol. The fourth-order valence-electron chi connectivity index (χ4n) is 1.05. The number of allylic oxidation sites excluding steroid dienone is 1. The molecule has 0 aliphatic carbocycles. The summed E-state index contributed by atoms with van der Waals surface area (Å²) in [6.45, 7) is 2.77. The van der Waals surface area contributed by atoms with Gasteiger partial charge in [0, 0.05) is 0 Å². The number of rotatable bonds is 4. The van der Waals surface area contributed by atoms with Crippen LogP contribution in [0.5, 0.6) is 0 Å². The number of hydrogen-bond donors (Lipinski definition) is 3. The van der Waals surface area contributed by atoms with Crippen molar-refractivity contribution in [1.29, 1.82) is 0 Å². The van der Waals surface area contributed by atoms with Crippen molar-refractivity contribution < 1.29 is 24.9 Å². The maximum Gasteiger partial charge on any atom is 0.205 e. The summed E-state index contributed by atoms with van der Waals surface area (Å²) in [6.07, 6.45) is -1.60. The first-order chi connectivity index (χ1) is 6.44. The van der Waals surface area contributed by atoms with E-state index in [2.05, 4.69) is 0 Å². The van der Waals surface area contributed by atoms with E-state index >= 15 is 0 Å². The first-order valence-electron chi connectivity index (χ1n) is 4.28. The Morgan fingerprint density at radius 3 is 2.36 bits per heavy atom. The largest absolute Gasteiger partial charge is 0.509 e. The van der Waals surface area contributed by atoms with E-state index in [-0.39, 0.29) is 12.4 Å². The Hall–Kier alpha value is -0.910. The van der Waals surface area contributed by atoms with E-state index in [9.17, 15) is 15.0 Å². The molecule has 1 aliphatic heterocycles. The zero-order valence-corrected chi connectivity index (χ0v) is 8.15. The molecular formula is C9H14O5. The number of epoxide rings is 1. The number of aliphatic hydroxyl groups is 3. The van der Waals surface area contributed by atoms with Crippen molar-refractivity contribution in [1.82, 2.24) is 0 Å². The number of Topliss-reactive ketones (excluding diaryl/α,β-unsaturated/α-hetero) is 1. The Morgan fingerprint density at radius 1 is 1.57 bits per heavy atom. The van der Waals surface area contributed by atoms with Crippen LogP contribution in [0.2, 0.25) is 0 Å². The summed E-state index contributed by atoms with van der Waals surface area (Å²) in [5.74, 6) is -1.07. The zero-order chi connectivity index (χ0) is 10.9. The summed E-state index contributed by atoms with van der Waals surface area (Å²) >= 11 is 0. The van der Waals surface area contributed by atoms with Gasteiger partial charge in [0.15, 0.2) is 11.7 Å². The molecular weight excluding hydrogens is 188 g/mol. The van der Waals surface area contributed by atoms with Crippen molar-refractivity contribution in [2.45, 2.75) is 25.6 Å². The van der Waals surface area contributed by atoms with Crippen LogP contribution < -0.4 is 0 Å². The molecule has 3 N–H and O–H groups in total. The average Bonchev–Trinajstić information content (AvgIpc) is 2.94. The lowest BCUT2D eigenvalue weighted by Crippen LogP contribution is -2.39. The van der Waals surface area contributed by atoms with E-state index in [1.165, 1.54) is 0 Å². The molecule has 0 aromatic heterocycles. The van der Waals surface area contributed by atoms with E-state index < -0.39 is 24.1 Å². The highest BCUT2D eigenvalue weighted by Gasteiger charge is 2.54. The molecule has 1 saturated heterocycles. The Bertz CT molecular complexity index is 273. The molecule has 5 heteroatoms. The minimum absolute atomic E-state index is 0.0927. The van der Waals surface area contributed by atoms with Crippen LogP contribution in [0.15, 0.2) is 11.3 Å². The zero-order valence-electron chi connectivity index (χ0n) is 8.15. The second kappa shape index (κ2) is 3.68. The van der Waals surface area contributed by atoms with Crippen molar-refractivity contribution in [2.75, 3.05) is 13.2 Å². The van der Waals surface area contributed by atoms with Crippen LogP contribution in [-0.4, -0.2) is 46.0 Å². The molecule has 80 valence electrons. The van der Waals surface area contributed by atoms with Crippen LogP contribution in [-0.2, 0) is 9.53 Å². The van der Waals surface area contributed by atoms with Gasteiger partial charge in [0.2, 0.25) is 5.78 Å². The lowest BCUT2D eigenvalue weighted by Gasteiger charge is -2.13. The highest BCUT2D eigenvalue weighted by atomic mass is 16.6. The smallest absolute Gasteiger partial charge is 0.205 e. The summed E-state index contributed by atoms with van der Waals surface area (Å²) in [5, 5.41) is 27.6. The van der Waals surface area contributed by atoms with Crippen LogP contribution in [0.1, 0.15) is 13.8 Å². The molecule has 2 unspecified atom stereocenters. The number of aliphatic hydroxyl groups excluding tert-OH is 3. The van der Waals surface area contributed by atoms with Crippen molar-refractivity contribution >= 4 is 5.78 Å². The predicted octanol–water partition coefficient (Wildman–Crippen LogP) is -0.470. The minimum atomic E-state index is -1.60. The molecule has 0 spiro atoms. The van der Waals surface area contributed by atoms with Crippen LogP contribution in [0.4, 0.5) is 0 Å². The molecule has 1 rings (SSSR count). The van der Waals surface area contributed by atoms with Gasteiger partial charge in [0.05, 0.1) is 13.2 Å². The first kappa shape index (κ1) is 11.2. The SMILES string of the molecule is CC(C)=C(O)C(O)C(=O)C1(CO)CO1. The molecule has 1 heterocycles. The lowest BCUT2D eigenvalue weighted by molar-refractivity contribution is -0.133. The van der Waals surface area contributed by atoms with Crippen molar-refractivity contribution in [3.63, 3.8) is 0 Å². The highest BCUT2D eigenvalue weighted by molar-refractivity contribution is 5.95. The van der Waals surface area contributed by atoms with Gasteiger partial charge in [-0.05, 0) is 19.4 Å². The van der Waals surface area contributed by atoms with Crippen molar-refractivity contribution in [2.24, 2.45) is 0 Å². The second-order valence-corrected chi connectivity index (χ2v) is 3.59. The third-order valence-corrected chi connectivity index (χ3v) is 2.22. The lowest BCUT2D eigenvalue weighted by atomic mass is 9.99. The molecule has 14 heavy (non-hydrogen) atoms. The number of carbonyl (C=O) groups excluding carboxylic acids is 1. The quantitative estimate of drug-likeness (QED) is 0.423. The summed E-state index contributed by atoms with van der Waals surface area (Å²) in [4.78, 5) is 11.5. The molecule has 1 aliphatic rings. The summed E-state index contributed by atoms with van der Waals surface area (Å²) < 4.78 is 4.76. The normalized spacial score (nSPS) is 26.9. The van der Waals surface area contributed by atoms with Gasteiger partial charge in [-0.2, -0.15) is 0 Å². The topological polar surface area (TPSA) is 90.3 Å². The van der Waals surface area contributed by atoms with Crippen molar-refractivity contribution in [3.8, 4) is 0 Å². The third kappa shape index (κ3) is 1.79. The van der Waals surface area contributed by atoms with Crippen LogP contribution in [0.3, 0.4) is 0 Å². The maximum atomic E-state index is 11.5. The Morgan fingerprint density at radius 2 is 2.07 bits per heavy atom. The van der Waals surface area contributed by atoms with Gasteiger partial charge in [-0.25, -0.2) is 0 Å². The first-order valence-corrected chi connectivity index (χ1v) is 4.28. The van der Waals surface area contributed by atoms with Gasteiger partial charge >= 0.3 is 0 Å². The summed E-state index contributed by atoms with van der Waals surface area (Å²) in [7, 11) is 0. The molecule has 0 aromatic carbocycles. The Balaban J connectivity index is 2.76. The number of ether oxygens (including phenoxy) is 1. The molecule has 5 nitrogen and oxygen atoms in total. The molecule has 0 aromatic rings. The highest BCUT2D eigenvalue weighted by Crippen LogP contribution is 2.30. The summed E-state index contributed by atoms with van der Waals surface area (Å²) in [5.41, 5.74) is -0.831. The predicted molar refractivity (Wildman–Crippen MR) is 47.8 cm³/mol. The number of carbonyl (C=O) groups is 1. The Kier molecular flexibility index (Phi) is 2.94. The maximum absolute atomic E-state index is 11.5. The van der Waals surface area contributed by atoms with E-state index in [1.807, 2.05) is 0 Å². The van der Waals surface area contributed by atoms with Crippen LogP contribution in [0, 0.1) is 0 Å². The van der Waals surface area contributed by atoms with Crippen molar-refractivity contribution in [3.05, 3.63) is 11.3 Å². The fraction of sp³-hybridized carbons (Fsp3) is 0.667. The van der Waals surface area contributed by atoms with E-state index in [0.717, 1.165) is 0 Å². The van der Waals surface area contributed by atoms with Gasteiger partial charge in [-0.15, -0.1) is 0 Å².